The zero-order chi connectivity index (χ0) is 46.1. The van der Waals surface area contributed by atoms with Crippen molar-refractivity contribution >= 4 is 71.0 Å². The fourth-order valence-corrected chi connectivity index (χ4v) is 8.33. The first kappa shape index (κ1) is 49.4. The molecule has 63 heavy (non-hydrogen) atoms. The zero-order valence-electron chi connectivity index (χ0n) is 39.8. The summed E-state index contributed by atoms with van der Waals surface area (Å²) >= 11 is 6.25. The van der Waals surface area contributed by atoms with Crippen LogP contribution in [0.2, 0.25) is 5.02 Å². The lowest BCUT2D eigenvalue weighted by Crippen LogP contribution is -1.91. The van der Waals surface area contributed by atoms with Gasteiger partial charge in [0.05, 0.1) is 0 Å². The van der Waals surface area contributed by atoms with Crippen LogP contribution < -0.4 is 0 Å². The van der Waals surface area contributed by atoms with Crippen molar-refractivity contribution in [2.75, 3.05) is 0 Å². The van der Waals surface area contributed by atoms with Crippen molar-refractivity contribution in [1.82, 2.24) is 0 Å². The monoisotopic (exact) mass is 846 g/mol. The van der Waals surface area contributed by atoms with Crippen LogP contribution in [0.4, 0.5) is 0 Å². The van der Waals surface area contributed by atoms with E-state index in [9.17, 15) is 0 Å². The molecule has 0 saturated carbocycles. The van der Waals surface area contributed by atoms with E-state index in [0.717, 1.165) is 10.6 Å². The van der Waals surface area contributed by atoms with Gasteiger partial charge in [0.2, 0.25) is 0 Å². The van der Waals surface area contributed by atoms with Gasteiger partial charge in [0.25, 0.3) is 0 Å². The molecule has 0 saturated heterocycles. The molecule has 0 N–H and O–H groups in total. The SMILES string of the molecule is C=C/C=C\C(=C(C)C)c1c(C)cccc1Cl.CC.CC.CC.CC.Cc1ccc2cc(-c3c4ccccc4c(-c4ccc5cc6ccccc6cc5c4)c4ccccc34)ccc2c1. The fraction of sp³-hybridized carbons (Fsp3) is 0.194. The van der Waals surface area contributed by atoms with Crippen LogP contribution in [0.25, 0.3) is 81.7 Å². The molecule has 0 aliphatic heterocycles. The summed E-state index contributed by atoms with van der Waals surface area (Å²) in [5.41, 5.74) is 11.1. The molecule has 0 aliphatic carbocycles. The number of fused-ring (bicyclic) bond motifs is 5. The molecule has 0 atom stereocenters. The van der Waals surface area contributed by atoms with Gasteiger partial charge in [0, 0.05) is 10.6 Å². The van der Waals surface area contributed by atoms with Crippen molar-refractivity contribution < 1.29 is 0 Å². The van der Waals surface area contributed by atoms with E-state index in [1.54, 1.807) is 6.08 Å². The van der Waals surface area contributed by atoms with Crippen LogP contribution >= 0.6 is 11.6 Å². The number of aryl methyl sites for hydroxylation is 2. The van der Waals surface area contributed by atoms with E-state index in [1.807, 2.05) is 73.6 Å². The summed E-state index contributed by atoms with van der Waals surface area (Å²) in [6.45, 7) is 28.1. The molecular formula is C62H67Cl. The van der Waals surface area contributed by atoms with Crippen molar-refractivity contribution in [1.29, 1.82) is 0 Å². The van der Waals surface area contributed by atoms with Crippen LogP contribution in [-0.2, 0) is 0 Å². The van der Waals surface area contributed by atoms with E-state index < -0.39 is 0 Å². The lowest BCUT2D eigenvalue weighted by Gasteiger charge is -2.18. The van der Waals surface area contributed by atoms with Gasteiger partial charge in [0.1, 0.15) is 0 Å². The second kappa shape index (κ2) is 24.4. The summed E-state index contributed by atoms with van der Waals surface area (Å²) in [7, 11) is 0. The van der Waals surface area contributed by atoms with Crippen LogP contribution in [0, 0.1) is 13.8 Å². The highest BCUT2D eigenvalue weighted by atomic mass is 35.5. The highest BCUT2D eigenvalue weighted by Crippen LogP contribution is 2.44. The molecule has 0 aliphatic rings. The van der Waals surface area contributed by atoms with Gasteiger partial charge < -0.3 is 0 Å². The van der Waals surface area contributed by atoms with E-state index in [0.29, 0.717) is 0 Å². The van der Waals surface area contributed by atoms with Gasteiger partial charge in [-0.1, -0.05) is 230 Å². The third kappa shape index (κ3) is 11.2. The molecule has 1 heteroatoms. The molecule has 0 aromatic heterocycles. The van der Waals surface area contributed by atoms with Crippen LogP contribution in [0.15, 0.2) is 188 Å². The number of allylic oxidation sites excluding steroid dienone is 5. The van der Waals surface area contributed by atoms with Crippen LogP contribution in [0.1, 0.15) is 85.9 Å². The Kier molecular flexibility index (Phi) is 19.2. The summed E-state index contributed by atoms with van der Waals surface area (Å²) in [5.74, 6) is 0. The minimum Gasteiger partial charge on any atom is -0.0991 e. The van der Waals surface area contributed by atoms with E-state index in [4.69, 9.17) is 11.6 Å². The first-order valence-electron chi connectivity index (χ1n) is 22.9. The molecule has 0 amide bonds. The van der Waals surface area contributed by atoms with Gasteiger partial charge in [-0.15, -0.1) is 0 Å². The van der Waals surface area contributed by atoms with Crippen molar-refractivity contribution in [3.63, 3.8) is 0 Å². The quantitative estimate of drug-likeness (QED) is 0.120. The largest absolute Gasteiger partial charge is 0.0991 e. The number of hydrogen-bond acceptors (Lipinski definition) is 0. The third-order valence-electron chi connectivity index (χ3n) is 10.6. The Hall–Kier alpha value is -6.21. The molecule has 0 heterocycles. The Bertz CT molecular complexity index is 2910. The summed E-state index contributed by atoms with van der Waals surface area (Å²) in [5, 5.41) is 13.6. The van der Waals surface area contributed by atoms with Crippen molar-refractivity contribution in [2.45, 2.75) is 83.1 Å². The normalized spacial score (nSPS) is 10.3. The summed E-state index contributed by atoms with van der Waals surface area (Å²) in [4.78, 5) is 0. The Morgan fingerprint density at radius 1 is 0.444 bits per heavy atom. The topological polar surface area (TPSA) is 0 Å². The molecule has 9 rings (SSSR count). The predicted octanol–water partition coefficient (Wildman–Crippen LogP) is 20.4. The maximum atomic E-state index is 6.25. The van der Waals surface area contributed by atoms with Gasteiger partial charge in [-0.3, -0.25) is 0 Å². The van der Waals surface area contributed by atoms with Gasteiger partial charge >= 0.3 is 0 Å². The first-order valence-corrected chi connectivity index (χ1v) is 23.3. The Labute approximate surface area is 384 Å². The van der Waals surface area contributed by atoms with E-state index in [1.165, 1.54) is 98.4 Å². The summed E-state index contributed by atoms with van der Waals surface area (Å²) < 4.78 is 0. The Morgan fingerprint density at radius 2 is 0.857 bits per heavy atom. The molecule has 0 spiro atoms. The maximum absolute atomic E-state index is 6.25. The molecule has 0 nitrogen and oxygen atoms in total. The highest BCUT2D eigenvalue weighted by Gasteiger charge is 2.17. The van der Waals surface area contributed by atoms with Gasteiger partial charge in [-0.25, -0.2) is 0 Å². The predicted molar refractivity (Wildman–Crippen MR) is 289 cm³/mol. The van der Waals surface area contributed by atoms with E-state index >= 15 is 0 Å². The number of rotatable bonds is 5. The van der Waals surface area contributed by atoms with E-state index in [2.05, 4.69) is 186 Å². The first-order chi connectivity index (χ1) is 30.8. The van der Waals surface area contributed by atoms with Gasteiger partial charge in [-0.2, -0.15) is 0 Å². The average Bonchev–Trinajstić information content (AvgIpc) is 3.33. The number of halogens is 1. The minimum atomic E-state index is 0.796. The zero-order valence-corrected chi connectivity index (χ0v) is 40.6. The van der Waals surface area contributed by atoms with Crippen LogP contribution in [0.3, 0.4) is 0 Å². The smallest absolute Gasteiger partial charge is 0.0487 e. The molecule has 9 aromatic carbocycles. The second-order valence-electron chi connectivity index (χ2n) is 14.6. The molecule has 9 aromatic rings. The van der Waals surface area contributed by atoms with Crippen LogP contribution in [0.5, 0.6) is 0 Å². The summed E-state index contributed by atoms with van der Waals surface area (Å²) in [6, 6.07) is 57.6. The van der Waals surface area contributed by atoms with Gasteiger partial charge in [-0.05, 0) is 145 Å². The maximum Gasteiger partial charge on any atom is 0.0487 e. The second-order valence-corrected chi connectivity index (χ2v) is 15.0. The molecule has 0 radical (unpaired) electrons. The third-order valence-corrected chi connectivity index (χ3v) is 11.0. The van der Waals surface area contributed by atoms with Crippen molar-refractivity contribution in [3.8, 4) is 22.3 Å². The number of hydrogen-bond donors (Lipinski definition) is 0. The molecule has 0 unspecified atom stereocenters. The molecule has 0 fully saturated rings. The van der Waals surface area contributed by atoms with Crippen molar-refractivity contribution in [2.24, 2.45) is 0 Å². The molecule has 322 valence electrons. The highest BCUT2D eigenvalue weighted by molar-refractivity contribution is 6.32. The molecule has 0 bridgehead atoms. The Morgan fingerprint density at radius 3 is 1.33 bits per heavy atom. The lowest BCUT2D eigenvalue weighted by atomic mass is 9.85. The lowest BCUT2D eigenvalue weighted by molar-refractivity contribution is 1.36. The fourth-order valence-electron chi connectivity index (χ4n) is 8.00. The standard InChI is InChI=1S/C39H26.C15H17Cl.4C2H6/c1-25-14-15-29-22-31(18-16-28(29)20-25)38-34-10-4-6-12-36(34)39(37-13-7-5-11-35(37)38)32-19-17-30-21-26-8-2-3-9-27(26)23-33(30)24-32;1-5-6-9-13(11(2)3)15-12(4)8-7-10-14(15)16;4*1-2/h2-24H,1H3;5-10H,1H2,2-4H3;4*1-2H3/b;9-6-;;;;. The van der Waals surface area contributed by atoms with E-state index in [-0.39, 0.29) is 0 Å². The summed E-state index contributed by atoms with van der Waals surface area (Å²) in [6.07, 6.45) is 5.76. The van der Waals surface area contributed by atoms with Crippen LogP contribution in [-0.4, -0.2) is 0 Å². The van der Waals surface area contributed by atoms with Gasteiger partial charge in [0.15, 0.2) is 0 Å². The van der Waals surface area contributed by atoms with Crippen molar-refractivity contribution in [3.05, 3.63) is 210 Å². The molecular weight excluding hydrogens is 780 g/mol. The average molecular weight is 848 g/mol. The Balaban J connectivity index is 0.000000307. The number of benzene rings is 9. The minimum absolute atomic E-state index is 0.796.